The summed E-state index contributed by atoms with van der Waals surface area (Å²) in [7, 11) is 0. The van der Waals surface area contributed by atoms with Gasteiger partial charge in [-0.3, -0.25) is 29.1 Å². The third kappa shape index (κ3) is 4.67. The minimum absolute atomic E-state index is 0.107. The van der Waals surface area contributed by atoms with Gasteiger partial charge in [-0.2, -0.15) is 0 Å². The van der Waals surface area contributed by atoms with Gasteiger partial charge in [0.15, 0.2) is 5.76 Å². The molecule has 2 fully saturated rings. The Kier molecular flexibility index (Phi) is 6.60. The lowest BCUT2D eigenvalue weighted by Gasteiger charge is -2.39. The van der Waals surface area contributed by atoms with Gasteiger partial charge in [0.2, 0.25) is 5.91 Å². The molecule has 2 aromatic heterocycles. The first-order chi connectivity index (χ1) is 19.0. The normalized spacial score (nSPS) is 18.1. The summed E-state index contributed by atoms with van der Waals surface area (Å²) in [5.74, 6) is -0.417. The van der Waals surface area contributed by atoms with Gasteiger partial charge < -0.3 is 19.1 Å². The molecule has 3 aromatic rings. The number of benzene rings is 1. The largest absolute Gasteiger partial charge is 0.459 e. The molecule has 39 heavy (non-hydrogen) atoms. The van der Waals surface area contributed by atoms with Crippen LogP contribution in [0, 0.1) is 5.92 Å². The predicted octanol–water partition coefficient (Wildman–Crippen LogP) is 2.67. The Labute approximate surface area is 225 Å². The van der Waals surface area contributed by atoms with Crippen molar-refractivity contribution in [2.24, 2.45) is 5.92 Å². The number of fused-ring (bicyclic) bond motifs is 1. The van der Waals surface area contributed by atoms with Crippen LogP contribution < -0.4 is 4.90 Å². The smallest absolute Gasteiger partial charge is 0.289 e. The summed E-state index contributed by atoms with van der Waals surface area (Å²) in [4.78, 5) is 63.3. The molecule has 0 N–H and O–H groups in total. The molecule has 0 radical (unpaired) electrons. The summed E-state index contributed by atoms with van der Waals surface area (Å²) >= 11 is 0. The van der Waals surface area contributed by atoms with Gasteiger partial charge in [-0.05, 0) is 48.7 Å². The van der Waals surface area contributed by atoms with E-state index >= 15 is 0 Å². The highest BCUT2D eigenvalue weighted by atomic mass is 16.3. The zero-order valence-electron chi connectivity index (χ0n) is 21.5. The Bertz CT molecular complexity index is 1390. The Morgan fingerprint density at radius 2 is 1.64 bits per heavy atom. The predicted molar refractivity (Wildman–Crippen MR) is 141 cm³/mol. The molecule has 200 valence electrons. The summed E-state index contributed by atoms with van der Waals surface area (Å²) in [6, 6.07) is 12.4. The van der Waals surface area contributed by atoms with Crippen LogP contribution in [0.4, 0.5) is 5.69 Å². The number of hydrogen-bond donors (Lipinski definition) is 0. The lowest BCUT2D eigenvalue weighted by atomic mass is 9.93. The van der Waals surface area contributed by atoms with E-state index in [2.05, 4.69) is 9.88 Å². The summed E-state index contributed by atoms with van der Waals surface area (Å²) in [6.45, 7) is 3.37. The van der Waals surface area contributed by atoms with E-state index in [-0.39, 0.29) is 36.1 Å². The van der Waals surface area contributed by atoms with E-state index in [4.69, 9.17) is 4.42 Å². The molecule has 3 aliphatic rings. The van der Waals surface area contributed by atoms with Crippen molar-refractivity contribution in [2.45, 2.75) is 19.4 Å². The Morgan fingerprint density at radius 1 is 0.872 bits per heavy atom. The van der Waals surface area contributed by atoms with Gasteiger partial charge >= 0.3 is 0 Å². The molecule has 1 aromatic carbocycles. The highest BCUT2D eigenvalue weighted by molar-refractivity contribution is 6.23. The van der Waals surface area contributed by atoms with Crippen molar-refractivity contribution in [3.8, 4) is 0 Å². The molecule has 10 heteroatoms. The quantitative estimate of drug-likeness (QED) is 0.470. The maximum atomic E-state index is 13.4. The highest BCUT2D eigenvalue weighted by Gasteiger charge is 2.39. The number of amides is 4. The number of aromatic nitrogens is 1. The first-order valence-electron chi connectivity index (χ1n) is 13.3. The van der Waals surface area contributed by atoms with E-state index in [9.17, 15) is 19.2 Å². The van der Waals surface area contributed by atoms with Crippen molar-refractivity contribution in [3.63, 3.8) is 0 Å². The van der Waals surface area contributed by atoms with E-state index in [1.807, 2.05) is 23.1 Å². The van der Waals surface area contributed by atoms with E-state index in [1.54, 1.807) is 41.6 Å². The maximum Gasteiger partial charge on any atom is 0.289 e. The number of rotatable bonds is 5. The Morgan fingerprint density at radius 3 is 2.33 bits per heavy atom. The van der Waals surface area contributed by atoms with Crippen LogP contribution in [0.25, 0.3) is 0 Å². The van der Waals surface area contributed by atoms with Crippen LogP contribution in [0.2, 0.25) is 0 Å². The van der Waals surface area contributed by atoms with E-state index in [0.717, 1.165) is 11.3 Å². The van der Waals surface area contributed by atoms with Gasteiger partial charge in [0.25, 0.3) is 17.7 Å². The average molecular weight is 528 g/mol. The van der Waals surface area contributed by atoms with Gasteiger partial charge in [-0.15, -0.1) is 0 Å². The van der Waals surface area contributed by atoms with Gasteiger partial charge in [0.1, 0.15) is 0 Å². The van der Waals surface area contributed by atoms with E-state index in [0.29, 0.717) is 69.0 Å². The molecule has 0 atom stereocenters. The zero-order valence-corrected chi connectivity index (χ0v) is 21.5. The summed E-state index contributed by atoms with van der Waals surface area (Å²) in [5.41, 5.74) is 2.39. The van der Waals surface area contributed by atoms with Crippen molar-refractivity contribution in [1.82, 2.24) is 19.7 Å². The topological polar surface area (TPSA) is 107 Å². The number of pyridine rings is 1. The van der Waals surface area contributed by atoms with Crippen LogP contribution in [0.5, 0.6) is 0 Å². The van der Waals surface area contributed by atoms with Crippen molar-refractivity contribution in [3.05, 3.63) is 83.6 Å². The Balaban J connectivity index is 1.07. The number of anilines is 1. The maximum absolute atomic E-state index is 13.4. The molecular formula is C29H29N5O5. The van der Waals surface area contributed by atoms with Crippen LogP contribution in [-0.2, 0) is 11.3 Å². The molecular weight excluding hydrogens is 498 g/mol. The van der Waals surface area contributed by atoms with Gasteiger partial charge in [0.05, 0.1) is 29.6 Å². The number of hydrogen-bond acceptors (Lipinski definition) is 7. The molecule has 2 saturated heterocycles. The number of piperazine rings is 1. The Hall–Kier alpha value is -4.47. The van der Waals surface area contributed by atoms with E-state index < -0.39 is 0 Å². The van der Waals surface area contributed by atoms with Crippen molar-refractivity contribution < 1.29 is 23.6 Å². The van der Waals surface area contributed by atoms with Crippen LogP contribution in [0.15, 0.2) is 65.5 Å². The number of carbonyl (C=O) groups is 4. The molecule has 0 spiro atoms. The second kappa shape index (κ2) is 10.4. The molecule has 10 nitrogen and oxygen atoms in total. The fraction of sp³-hybridized carbons (Fsp3) is 0.345. The molecule has 5 heterocycles. The first kappa shape index (κ1) is 24.8. The minimum atomic E-state index is -0.297. The van der Waals surface area contributed by atoms with Gasteiger partial charge in [0, 0.05) is 57.6 Å². The second-order valence-electron chi connectivity index (χ2n) is 10.1. The van der Waals surface area contributed by atoms with Crippen molar-refractivity contribution in [2.75, 3.05) is 44.2 Å². The third-order valence-electron chi connectivity index (χ3n) is 7.84. The average Bonchev–Trinajstić information content (AvgIpc) is 3.61. The first-order valence-corrected chi connectivity index (χ1v) is 13.3. The van der Waals surface area contributed by atoms with Crippen molar-refractivity contribution >= 4 is 29.3 Å². The molecule has 3 aliphatic heterocycles. The lowest BCUT2D eigenvalue weighted by molar-refractivity contribution is -0.137. The van der Waals surface area contributed by atoms with Crippen LogP contribution in [-0.4, -0.2) is 82.6 Å². The van der Waals surface area contributed by atoms with Crippen LogP contribution in [0.3, 0.4) is 0 Å². The van der Waals surface area contributed by atoms with Crippen LogP contribution in [0.1, 0.15) is 49.7 Å². The zero-order chi connectivity index (χ0) is 26.9. The molecule has 0 bridgehead atoms. The second-order valence-corrected chi connectivity index (χ2v) is 10.1. The summed E-state index contributed by atoms with van der Waals surface area (Å²) in [5, 5.41) is 0. The fourth-order valence-corrected chi connectivity index (χ4v) is 5.71. The van der Waals surface area contributed by atoms with Crippen LogP contribution >= 0.6 is 0 Å². The minimum Gasteiger partial charge on any atom is -0.459 e. The molecule has 4 amide bonds. The number of nitrogens with zero attached hydrogens (tertiary/aromatic N) is 5. The number of imide groups is 1. The van der Waals surface area contributed by atoms with Crippen molar-refractivity contribution in [1.29, 1.82) is 0 Å². The molecule has 0 saturated carbocycles. The number of carbonyl (C=O) groups excluding carboxylic acids is 4. The van der Waals surface area contributed by atoms with E-state index in [1.165, 1.54) is 11.2 Å². The fourth-order valence-electron chi connectivity index (χ4n) is 5.71. The molecule has 0 aliphatic carbocycles. The highest BCUT2D eigenvalue weighted by Crippen LogP contribution is 2.35. The van der Waals surface area contributed by atoms with Gasteiger partial charge in [-0.25, -0.2) is 0 Å². The molecule has 0 unspecified atom stereocenters. The molecule has 6 rings (SSSR count). The number of furan rings is 1. The van der Waals surface area contributed by atoms with Gasteiger partial charge in [-0.1, -0.05) is 12.1 Å². The lowest BCUT2D eigenvalue weighted by Crippen LogP contribution is -2.53. The number of piperidine rings is 1. The SMILES string of the molecule is O=C(c1ccco1)N1CCN(C(=O)C2CCN(c3cccc4c3C(=O)N(Cc3cccnc3)C4=O)CC2)CC1. The standard InChI is InChI=1S/C29H29N5O5/c35-26(32-13-15-33(16-14-32)28(37)24-7-3-17-39-24)21-8-11-31(12-9-21)23-6-1-5-22-25(23)29(38)34(27(22)36)19-20-4-2-10-30-18-20/h1-7,10,17-18,21H,8-9,11-16,19H2. The summed E-state index contributed by atoms with van der Waals surface area (Å²) < 4.78 is 5.22. The monoisotopic (exact) mass is 527 g/mol. The summed E-state index contributed by atoms with van der Waals surface area (Å²) in [6.07, 6.45) is 6.12. The third-order valence-corrected chi connectivity index (χ3v) is 7.84.